The molecule has 4 aromatic rings. The van der Waals surface area contributed by atoms with Crippen molar-refractivity contribution in [3.8, 4) is 17.4 Å². The summed E-state index contributed by atoms with van der Waals surface area (Å²) in [4.78, 5) is 17.2. The molecule has 3 aromatic heterocycles. The van der Waals surface area contributed by atoms with Crippen molar-refractivity contribution in [2.75, 3.05) is 0 Å². The van der Waals surface area contributed by atoms with Gasteiger partial charge in [-0.2, -0.15) is 14.8 Å². The molecule has 0 aliphatic rings. The first-order valence-electron chi connectivity index (χ1n) is 7.39. The fourth-order valence-electron chi connectivity index (χ4n) is 2.32. The van der Waals surface area contributed by atoms with E-state index in [0.717, 1.165) is 5.56 Å². The van der Waals surface area contributed by atoms with E-state index in [-0.39, 0.29) is 5.92 Å². The second-order valence-electron chi connectivity index (χ2n) is 5.12. The van der Waals surface area contributed by atoms with Gasteiger partial charge in [-0.15, -0.1) is 0 Å². The van der Waals surface area contributed by atoms with Crippen molar-refractivity contribution in [2.24, 2.45) is 0 Å². The molecule has 1 unspecified atom stereocenters. The summed E-state index contributed by atoms with van der Waals surface area (Å²) in [5.41, 5.74) is 0.872. The van der Waals surface area contributed by atoms with Gasteiger partial charge in [0.1, 0.15) is 12.2 Å². The Hall–Kier alpha value is -3.42. The molecule has 1 aromatic carbocycles. The molecule has 8 nitrogen and oxygen atoms in total. The van der Waals surface area contributed by atoms with Crippen LogP contribution in [0.25, 0.3) is 17.4 Å². The zero-order valence-electron chi connectivity index (χ0n) is 12.8. The Morgan fingerprint density at radius 3 is 2.58 bits per heavy atom. The van der Waals surface area contributed by atoms with Gasteiger partial charge in [0.25, 0.3) is 11.8 Å². The number of rotatable bonds is 4. The van der Waals surface area contributed by atoms with Crippen LogP contribution in [0, 0.1) is 0 Å². The minimum absolute atomic E-state index is 0.225. The minimum atomic E-state index is -0.225. The lowest BCUT2D eigenvalue weighted by Gasteiger charge is -2.07. The molecule has 0 aliphatic carbocycles. The Balaban J connectivity index is 1.67. The first-order chi connectivity index (χ1) is 11.8. The maximum absolute atomic E-state index is 5.37. The minimum Gasteiger partial charge on any atom is -0.334 e. The summed E-state index contributed by atoms with van der Waals surface area (Å²) in [6, 6.07) is 11.4. The van der Waals surface area contributed by atoms with Crippen molar-refractivity contribution in [2.45, 2.75) is 12.8 Å². The van der Waals surface area contributed by atoms with Crippen LogP contribution in [0.5, 0.6) is 0 Å². The van der Waals surface area contributed by atoms with Crippen LogP contribution >= 0.6 is 0 Å². The molecule has 0 spiro atoms. The van der Waals surface area contributed by atoms with Gasteiger partial charge >= 0.3 is 0 Å². The number of hydrogen-bond acceptors (Lipinski definition) is 7. The highest BCUT2D eigenvalue weighted by Crippen LogP contribution is 2.24. The van der Waals surface area contributed by atoms with Gasteiger partial charge in [-0.1, -0.05) is 23.4 Å². The molecule has 4 rings (SSSR count). The van der Waals surface area contributed by atoms with Gasteiger partial charge in [-0.3, -0.25) is 0 Å². The quantitative estimate of drug-likeness (QED) is 0.569. The van der Waals surface area contributed by atoms with Crippen molar-refractivity contribution in [1.29, 1.82) is 0 Å². The standard InChI is InChI=1S/C16H13N7O/c1-11(13-21-15(24-22-13)12-6-3-2-4-7-12)14-19-10-20-23(14)16-17-8-5-9-18-16/h2-11H,1H3. The molecule has 0 bridgehead atoms. The fourth-order valence-corrected chi connectivity index (χ4v) is 2.32. The zero-order valence-corrected chi connectivity index (χ0v) is 12.8. The Labute approximate surface area is 137 Å². The summed E-state index contributed by atoms with van der Waals surface area (Å²) in [5.74, 6) is 1.86. The number of nitrogens with zero attached hydrogens (tertiary/aromatic N) is 7. The van der Waals surface area contributed by atoms with Gasteiger partial charge in [0, 0.05) is 18.0 Å². The maximum Gasteiger partial charge on any atom is 0.257 e. The largest absolute Gasteiger partial charge is 0.334 e. The van der Waals surface area contributed by atoms with E-state index in [1.807, 2.05) is 37.3 Å². The highest BCUT2D eigenvalue weighted by molar-refractivity contribution is 5.52. The van der Waals surface area contributed by atoms with Gasteiger partial charge in [-0.05, 0) is 25.1 Å². The second kappa shape index (κ2) is 5.99. The van der Waals surface area contributed by atoms with Crippen molar-refractivity contribution in [3.05, 3.63) is 66.8 Å². The molecule has 0 fully saturated rings. The molecule has 1 atom stereocenters. The summed E-state index contributed by atoms with van der Waals surface area (Å²) in [6.45, 7) is 1.93. The van der Waals surface area contributed by atoms with Crippen LogP contribution in [0.1, 0.15) is 24.5 Å². The molecule has 0 saturated carbocycles. The van der Waals surface area contributed by atoms with Crippen LogP contribution in [0.4, 0.5) is 0 Å². The van der Waals surface area contributed by atoms with E-state index in [1.54, 1.807) is 23.1 Å². The van der Waals surface area contributed by atoms with Crippen molar-refractivity contribution in [3.63, 3.8) is 0 Å². The Morgan fingerprint density at radius 1 is 1.00 bits per heavy atom. The van der Waals surface area contributed by atoms with Gasteiger partial charge in [0.05, 0.1) is 5.92 Å². The van der Waals surface area contributed by atoms with E-state index in [2.05, 4.69) is 30.2 Å². The molecule has 118 valence electrons. The highest BCUT2D eigenvalue weighted by Gasteiger charge is 2.22. The van der Waals surface area contributed by atoms with E-state index < -0.39 is 0 Å². The average Bonchev–Trinajstić information content (AvgIpc) is 3.32. The predicted octanol–water partition coefficient (Wildman–Crippen LogP) is 2.26. The van der Waals surface area contributed by atoms with Gasteiger partial charge < -0.3 is 4.52 Å². The summed E-state index contributed by atoms with van der Waals surface area (Å²) >= 11 is 0. The lowest BCUT2D eigenvalue weighted by atomic mass is 10.1. The van der Waals surface area contributed by atoms with E-state index in [9.17, 15) is 0 Å². The topological polar surface area (TPSA) is 95.4 Å². The van der Waals surface area contributed by atoms with E-state index in [0.29, 0.717) is 23.5 Å². The predicted molar refractivity (Wildman–Crippen MR) is 84.2 cm³/mol. The van der Waals surface area contributed by atoms with Crippen LogP contribution in [0.2, 0.25) is 0 Å². The van der Waals surface area contributed by atoms with Crippen LogP contribution in [-0.4, -0.2) is 34.9 Å². The molecule has 24 heavy (non-hydrogen) atoms. The molecule has 0 amide bonds. The molecule has 0 saturated heterocycles. The number of aromatic nitrogens is 7. The van der Waals surface area contributed by atoms with Crippen LogP contribution < -0.4 is 0 Å². The smallest absolute Gasteiger partial charge is 0.257 e. The second-order valence-corrected chi connectivity index (χ2v) is 5.12. The zero-order chi connectivity index (χ0) is 16.4. The summed E-state index contributed by atoms with van der Waals surface area (Å²) in [7, 11) is 0. The lowest BCUT2D eigenvalue weighted by molar-refractivity contribution is 0.419. The fraction of sp³-hybridized carbons (Fsp3) is 0.125. The Kier molecular flexibility index (Phi) is 3.54. The van der Waals surface area contributed by atoms with Gasteiger partial charge in [-0.25, -0.2) is 15.0 Å². The summed E-state index contributed by atoms with van der Waals surface area (Å²) in [6.07, 6.45) is 4.76. The summed E-state index contributed by atoms with van der Waals surface area (Å²) < 4.78 is 6.94. The molecule has 8 heteroatoms. The molecule has 0 aliphatic heterocycles. The SMILES string of the molecule is CC(c1noc(-c2ccccc2)n1)c1ncnn1-c1ncccn1. The maximum atomic E-state index is 5.37. The van der Waals surface area contributed by atoms with Crippen LogP contribution in [-0.2, 0) is 0 Å². The van der Waals surface area contributed by atoms with E-state index in [1.165, 1.54) is 6.33 Å². The first-order valence-corrected chi connectivity index (χ1v) is 7.39. The van der Waals surface area contributed by atoms with Gasteiger partial charge in [0.2, 0.25) is 0 Å². The normalized spacial score (nSPS) is 12.2. The molecule has 0 N–H and O–H groups in total. The van der Waals surface area contributed by atoms with E-state index in [4.69, 9.17) is 4.52 Å². The van der Waals surface area contributed by atoms with Crippen molar-refractivity contribution < 1.29 is 4.52 Å². The van der Waals surface area contributed by atoms with Crippen LogP contribution in [0.3, 0.4) is 0 Å². The first kappa shape index (κ1) is 14.2. The Morgan fingerprint density at radius 2 is 1.79 bits per heavy atom. The monoisotopic (exact) mass is 319 g/mol. The number of hydrogen-bond donors (Lipinski definition) is 0. The third-order valence-corrected chi connectivity index (χ3v) is 3.55. The third kappa shape index (κ3) is 2.54. The van der Waals surface area contributed by atoms with Gasteiger partial charge in [0.15, 0.2) is 5.82 Å². The summed E-state index contributed by atoms with van der Waals surface area (Å²) in [5, 5.41) is 8.27. The van der Waals surface area contributed by atoms with Crippen molar-refractivity contribution in [1.82, 2.24) is 34.9 Å². The molecular formula is C16H13N7O. The lowest BCUT2D eigenvalue weighted by Crippen LogP contribution is -2.11. The van der Waals surface area contributed by atoms with E-state index >= 15 is 0 Å². The number of benzene rings is 1. The molecule has 3 heterocycles. The Bertz CT molecular complexity index is 933. The molecule has 0 radical (unpaired) electrons. The van der Waals surface area contributed by atoms with Crippen molar-refractivity contribution >= 4 is 0 Å². The highest BCUT2D eigenvalue weighted by atomic mass is 16.5. The average molecular weight is 319 g/mol. The third-order valence-electron chi connectivity index (χ3n) is 3.55. The molecular weight excluding hydrogens is 306 g/mol. The van der Waals surface area contributed by atoms with Crippen LogP contribution in [0.15, 0.2) is 59.6 Å².